The maximum Gasteiger partial charge on any atom is 0.223 e. The van der Waals surface area contributed by atoms with Crippen molar-refractivity contribution in [3.8, 4) is 6.07 Å². The molecule has 1 saturated heterocycles. The highest BCUT2D eigenvalue weighted by Gasteiger charge is 2.29. The van der Waals surface area contributed by atoms with Crippen LogP contribution in [0.2, 0.25) is 0 Å². The number of nitrogens with one attached hydrogen (secondary N) is 1. The van der Waals surface area contributed by atoms with Gasteiger partial charge in [0.25, 0.3) is 0 Å². The molecule has 194 valence electrons. The summed E-state index contributed by atoms with van der Waals surface area (Å²) in [4.78, 5) is 31.3. The lowest BCUT2D eigenvalue weighted by atomic mass is 10.1. The zero-order valence-corrected chi connectivity index (χ0v) is 21.7. The van der Waals surface area contributed by atoms with Crippen LogP contribution in [-0.2, 0) is 11.3 Å². The lowest BCUT2D eigenvalue weighted by molar-refractivity contribution is -0.116. The van der Waals surface area contributed by atoms with Crippen molar-refractivity contribution in [3.63, 3.8) is 0 Å². The van der Waals surface area contributed by atoms with Gasteiger partial charge in [-0.1, -0.05) is 42.5 Å². The number of hydrogen-bond donors (Lipinski definition) is 1. The van der Waals surface area contributed by atoms with Crippen molar-refractivity contribution >= 4 is 28.9 Å². The Bertz CT molecular complexity index is 1410. The van der Waals surface area contributed by atoms with E-state index in [1.165, 1.54) is 12.5 Å². The fourth-order valence-electron chi connectivity index (χ4n) is 4.91. The summed E-state index contributed by atoms with van der Waals surface area (Å²) in [5, 5.41) is 17.8. The SMILES string of the molecule is CC(=O)N(C)c1cccc(C2=CCNc3c(C#N)c(C(=O)CN4CCN(Cc5ccccc5)CC4)nn32)c1. The lowest BCUT2D eigenvalue weighted by Crippen LogP contribution is -2.47. The molecule has 0 unspecified atom stereocenters. The number of anilines is 2. The molecule has 0 bridgehead atoms. The molecule has 2 aliphatic heterocycles. The van der Waals surface area contributed by atoms with Gasteiger partial charge in [0.15, 0.2) is 5.78 Å². The summed E-state index contributed by atoms with van der Waals surface area (Å²) >= 11 is 0. The third-order valence-electron chi connectivity index (χ3n) is 7.14. The summed E-state index contributed by atoms with van der Waals surface area (Å²) in [6.07, 6.45) is 1.97. The van der Waals surface area contributed by atoms with Gasteiger partial charge in [-0.25, -0.2) is 4.68 Å². The van der Waals surface area contributed by atoms with Gasteiger partial charge in [-0.05, 0) is 23.8 Å². The largest absolute Gasteiger partial charge is 0.365 e. The van der Waals surface area contributed by atoms with Crippen molar-refractivity contribution in [2.45, 2.75) is 13.5 Å². The highest BCUT2D eigenvalue weighted by Crippen LogP contribution is 2.31. The van der Waals surface area contributed by atoms with E-state index >= 15 is 0 Å². The number of rotatable bonds is 7. The third-order valence-corrected chi connectivity index (χ3v) is 7.14. The van der Waals surface area contributed by atoms with Crippen molar-refractivity contribution in [2.24, 2.45) is 0 Å². The van der Waals surface area contributed by atoms with E-state index in [1.54, 1.807) is 16.6 Å². The Hall–Kier alpha value is -4.26. The van der Waals surface area contributed by atoms with Crippen LogP contribution in [0.15, 0.2) is 60.7 Å². The highest BCUT2D eigenvalue weighted by molar-refractivity contribution is 6.00. The standard InChI is InChI=1S/C29H31N7O2/c1-21(37)33(2)24-10-6-9-23(17-24)26-11-12-31-29-25(18-30)28(32-36(26)29)27(38)20-35-15-13-34(14-16-35)19-22-7-4-3-5-8-22/h3-11,17,31H,12-16,19-20H2,1-2H3. The molecule has 1 amide bonds. The molecule has 1 N–H and O–H groups in total. The number of carbonyl (C=O) groups is 2. The van der Waals surface area contributed by atoms with Crippen molar-refractivity contribution in [1.82, 2.24) is 19.6 Å². The van der Waals surface area contributed by atoms with Crippen LogP contribution in [0.3, 0.4) is 0 Å². The quantitative estimate of drug-likeness (QED) is 0.489. The molecular weight excluding hydrogens is 478 g/mol. The van der Waals surface area contributed by atoms with Gasteiger partial charge in [0, 0.05) is 64.5 Å². The van der Waals surface area contributed by atoms with Gasteiger partial charge in [0.05, 0.1) is 12.2 Å². The van der Waals surface area contributed by atoms with E-state index < -0.39 is 0 Å². The van der Waals surface area contributed by atoms with Crippen molar-refractivity contribution in [1.29, 1.82) is 5.26 Å². The molecule has 0 atom stereocenters. The number of nitriles is 1. The predicted molar refractivity (Wildman–Crippen MR) is 147 cm³/mol. The Morgan fingerprint density at radius 1 is 1.05 bits per heavy atom. The van der Waals surface area contributed by atoms with Gasteiger partial charge >= 0.3 is 0 Å². The molecule has 3 aromatic rings. The van der Waals surface area contributed by atoms with Gasteiger partial charge in [-0.3, -0.25) is 19.4 Å². The first kappa shape index (κ1) is 25.4. The number of Topliss-reactive ketones (excluding diaryl/α,β-unsaturated/α-hetero) is 1. The molecule has 5 rings (SSSR count). The normalized spacial score (nSPS) is 15.7. The Morgan fingerprint density at radius 2 is 1.79 bits per heavy atom. The molecule has 0 aliphatic carbocycles. The molecule has 0 spiro atoms. The van der Waals surface area contributed by atoms with Gasteiger partial charge < -0.3 is 10.2 Å². The molecule has 1 aromatic heterocycles. The molecule has 1 fully saturated rings. The third kappa shape index (κ3) is 5.23. The number of amides is 1. The second kappa shape index (κ2) is 11.0. The summed E-state index contributed by atoms with van der Waals surface area (Å²) in [6, 6.07) is 20.2. The number of fused-ring (bicyclic) bond motifs is 1. The number of nitrogens with zero attached hydrogens (tertiary/aromatic N) is 6. The van der Waals surface area contributed by atoms with Gasteiger partial charge in [0.1, 0.15) is 23.1 Å². The van der Waals surface area contributed by atoms with Crippen molar-refractivity contribution in [2.75, 3.05) is 56.5 Å². The minimum absolute atomic E-state index is 0.0678. The maximum atomic E-state index is 13.4. The Morgan fingerprint density at radius 3 is 2.50 bits per heavy atom. The van der Waals surface area contributed by atoms with E-state index in [0.29, 0.717) is 12.4 Å². The van der Waals surface area contributed by atoms with Crippen LogP contribution in [0, 0.1) is 11.3 Å². The average Bonchev–Trinajstić information content (AvgIpc) is 3.33. The predicted octanol–water partition coefficient (Wildman–Crippen LogP) is 3.05. The first-order chi connectivity index (χ1) is 18.4. The second-order valence-corrected chi connectivity index (χ2v) is 9.66. The summed E-state index contributed by atoms with van der Waals surface area (Å²) in [7, 11) is 1.73. The number of carbonyl (C=O) groups excluding carboxylic acids is 2. The first-order valence-corrected chi connectivity index (χ1v) is 12.8. The van der Waals surface area contributed by atoms with Crippen LogP contribution >= 0.6 is 0 Å². The highest BCUT2D eigenvalue weighted by atomic mass is 16.2. The van der Waals surface area contributed by atoms with E-state index in [1.807, 2.05) is 36.4 Å². The van der Waals surface area contributed by atoms with Gasteiger partial charge in [0.2, 0.25) is 5.91 Å². The monoisotopic (exact) mass is 509 g/mol. The van der Waals surface area contributed by atoms with Crippen LogP contribution in [0.5, 0.6) is 0 Å². The zero-order chi connectivity index (χ0) is 26.6. The Labute approximate surface area is 222 Å². The van der Waals surface area contributed by atoms with Gasteiger partial charge in [-0.15, -0.1) is 0 Å². The fourth-order valence-corrected chi connectivity index (χ4v) is 4.91. The molecule has 2 aromatic carbocycles. The Balaban J connectivity index is 1.31. The van der Waals surface area contributed by atoms with E-state index in [-0.39, 0.29) is 29.5 Å². The van der Waals surface area contributed by atoms with Crippen LogP contribution in [-0.4, -0.2) is 77.6 Å². The van der Waals surface area contributed by atoms with Crippen LogP contribution < -0.4 is 10.2 Å². The summed E-state index contributed by atoms with van der Waals surface area (Å²) in [6.45, 7) is 6.48. The van der Waals surface area contributed by atoms with E-state index in [0.717, 1.165) is 49.7 Å². The zero-order valence-electron chi connectivity index (χ0n) is 21.7. The number of benzene rings is 2. The van der Waals surface area contributed by atoms with E-state index in [2.05, 4.69) is 50.5 Å². The maximum absolute atomic E-state index is 13.4. The molecule has 38 heavy (non-hydrogen) atoms. The Kier molecular flexibility index (Phi) is 7.36. The minimum Gasteiger partial charge on any atom is -0.365 e. The average molecular weight is 510 g/mol. The fraction of sp³-hybridized carbons (Fsp3) is 0.310. The number of aromatic nitrogens is 2. The molecule has 2 aliphatic rings. The van der Waals surface area contributed by atoms with Crippen molar-refractivity contribution in [3.05, 3.63) is 83.1 Å². The first-order valence-electron chi connectivity index (χ1n) is 12.8. The summed E-state index contributed by atoms with van der Waals surface area (Å²) in [5.74, 6) is 0.291. The van der Waals surface area contributed by atoms with Crippen molar-refractivity contribution < 1.29 is 9.59 Å². The number of piperazine rings is 1. The molecule has 0 saturated carbocycles. The van der Waals surface area contributed by atoms with Crippen LogP contribution in [0.1, 0.15) is 34.1 Å². The van der Waals surface area contributed by atoms with E-state index in [9.17, 15) is 14.9 Å². The lowest BCUT2D eigenvalue weighted by Gasteiger charge is -2.34. The number of hydrogen-bond acceptors (Lipinski definition) is 7. The molecular formula is C29H31N7O2. The van der Waals surface area contributed by atoms with Gasteiger partial charge in [-0.2, -0.15) is 10.4 Å². The second-order valence-electron chi connectivity index (χ2n) is 9.66. The van der Waals surface area contributed by atoms with Crippen LogP contribution in [0.25, 0.3) is 5.70 Å². The molecule has 3 heterocycles. The molecule has 0 radical (unpaired) electrons. The summed E-state index contributed by atoms with van der Waals surface area (Å²) in [5.41, 5.74) is 4.11. The van der Waals surface area contributed by atoms with E-state index in [4.69, 9.17) is 0 Å². The number of ketones is 1. The molecule has 9 nitrogen and oxygen atoms in total. The van der Waals surface area contributed by atoms with Crippen LogP contribution in [0.4, 0.5) is 11.5 Å². The smallest absolute Gasteiger partial charge is 0.223 e. The topological polar surface area (TPSA) is 97.5 Å². The molecule has 9 heteroatoms. The minimum atomic E-state index is -0.161. The summed E-state index contributed by atoms with van der Waals surface area (Å²) < 4.78 is 1.64.